The fraction of sp³-hybridized carbons (Fsp3) is 0.467. The number of carboxylic acids is 1. The molecule has 1 amide bonds. The van der Waals surface area contributed by atoms with Crippen LogP contribution in [0.3, 0.4) is 0 Å². The number of amides is 1. The minimum atomic E-state index is -0.928. The lowest BCUT2D eigenvalue weighted by atomic mass is 9.88. The van der Waals surface area contributed by atoms with Gasteiger partial charge < -0.3 is 15.2 Å². The lowest BCUT2D eigenvalue weighted by Crippen LogP contribution is -2.40. The van der Waals surface area contributed by atoms with E-state index in [0.29, 0.717) is 12.2 Å². The van der Waals surface area contributed by atoms with Gasteiger partial charge in [-0.2, -0.15) is 0 Å². The standard InChI is InChI=1S/C15H20BrNO4/c1-3-15(2,14(19)20)10-17-13(18)8-9-21-12-6-4-11(16)5-7-12/h4-7H,3,8-10H2,1-2H3,(H,17,18)(H,19,20). The Kier molecular flexibility index (Phi) is 6.68. The van der Waals surface area contributed by atoms with Crippen molar-refractivity contribution < 1.29 is 19.4 Å². The molecule has 0 aliphatic carbocycles. The molecule has 21 heavy (non-hydrogen) atoms. The Labute approximate surface area is 132 Å². The molecule has 5 nitrogen and oxygen atoms in total. The van der Waals surface area contributed by atoms with Crippen LogP contribution in [-0.4, -0.2) is 30.1 Å². The number of hydrogen-bond acceptors (Lipinski definition) is 3. The lowest BCUT2D eigenvalue weighted by Gasteiger charge is -2.23. The van der Waals surface area contributed by atoms with Crippen molar-refractivity contribution in [1.82, 2.24) is 5.32 Å². The highest BCUT2D eigenvalue weighted by Gasteiger charge is 2.31. The summed E-state index contributed by atoms with van der Waals surface area (Å²) in [4.78, 5) is 22.8. The predicted octanol–water partition coefficient (Wildman–Crippen LogP) is 2.84. The van der Waals surface area contributed by atoms with E-state index in [1.807, 2.05) is 12.1 Å². The molecule has 0 spiro atoms. The summed E-state index contributed by atoms with van der Waals surface area (Å²) in [5.74, 6) is -0.431. The Hall–Kier alpha value is -1.56. The van der Waals surface area contributed by atoms with Crippen LogP contribution in [0.1, 0.15) is 26.7 Å². The summed E-state index contributed by atoms with van der Waals surface area (Å²) in [5.41, 5.74) is -0.928. The third-order valence-corrected chi connectivity index (χ3v) is 3.91. The van der Waals surface area contributed by atoms with E-state index in [4.69, 9.17) is 9.84 Å². The minimum Gasteiger partial charge on any atom is -0.493 e. The normalized spacial score (nSPS) is 13.3. The van der Waals surface area contributed by atoms with Gasteiger partial charge in [-0.25, -0.2) is 0 Å². The molecule has 1 aromatic carbocycles. The molecule has 0 saturated heterocycles. The molecule has 6 heteroatoms. The molecule has 1 atom stereocenters. The van der Waals surface area contributed by atoms with Gasteiger partial charge in [-0.3, -0.25) is 9.59 Å². The van der Waals surface area contributed by atoms with Crippen LogP contribution in [0.15, 0.2) is 28.7 Å². The first-order valence-electron chi connectivity index (χ1n) is 6.76. The molecule has 0 radical (unpaired) electrons. The zero-order valence-corrected chi connectivity index (χ0v) is 13.8. The van der Waals surface area contributed by atoms with Crippen LogP contribution in [-0.2, 0) is 9.59 Å². The second kappa shape index (κ2) is 8.02. The second-order valence-corrected chi connectivity index (χ2v) is 5.96. The average Bonchev–Trinajstić information content (AvgIpc) is 2.46. The van der Waals surface area contributed by atoms with Crippen molar-refractivity contribution in [3.05, 3.63) is 28.7 Å². The molecular formula is C15H20BrNO4. The third kappa shape index (κ3) is 5.75. The van der Waals surface area contributed by atoms with Gasteiger partial charge in [0.1, 0.15) is 5.75 Å². The third-order valence-electron chi connectivity index (χ3n) is 3.38. The molecule has 0 heterocycles. The summed E-state index contributed by atoms with van der Waals surface area (Å²) in [6, 6.07) is 7.32. The zero-order valence-electron chi connectivity index (χ0n) is 12.2. The van der Waals surface area contributed by atoms with Gasteiger partial charge in [0.25, 0.3) is 0 Å². The Bertz CT molecular complexity index is 489. The second-order valence-electron chi connectivity index (χ2n) is 5.05. The highest BCUT2D eigenvalue weighted by atomic mass is 79.9. The van der Waals surface area contributed by atoms with Gasteiger partial charge in [0.15, 0.2) is 0 Å². The Morgan fingerprint density at radius 2 is 1.95 bits per heavy atom. The van der Waals surface area contributed by atoms with Crippen molar-refractivity contribution in [1.29, 1.82) is 0 Å². The molecule has 116 valence electrons. The first kappa shape index (κ1) is 17.5. The number of hydrogen-bond donors (Lipinski definition) is 2. The first-order chi connectivity index (χ1) is 9.87. The first-order valence-corrected chi connectivity index (χ1v) is 7.55. The van der Waals surface area contributed by atoms with Crippen LogP contribution < -0.4 is 10.1 Å². The maximum Gasteiger partial charge on any atom is 0.311 e. The summed E-state index contributed by atoms with van der Waals surface area (Å²) in [7, 11) is 0. The summed E-state index contributed by atoms with van der Waals surface area (Å²) in [5, 5.41) is 11.8. The van der Waals surface area contributed by atoms with E-state index in [9.17, 15) is 9.59 Å². The van der Waals surface area contributed by atoms with Gasteiger partial charge in [0, 0.05) is 11.0 Å². The fourth-order valence-corrected chi connectivity index (χ4v) is 1.79. The van der Waals surface area contributed by atoms with Crippen LogP contribution in [0.2, 0.25) is 0 Å². The van der Waals surface area contributed by atoms with Crippen LogP contribution in [0.25, 0.3) is 0 Å². The lowest BCUT2D eigenvalue weighted by molar-refractivity contribution is -0.148. The number of nitrogens with one attached hydrogen (secondary N) is 1. The minimum absolute atomic E-state index is 0.121. The highest BCUT2D eigenvalue weighted by molar-refractivity contribution is 9.10. The smallest absolute Gasteiger partial charge is 0.311 e. The molecular weight excluding hydrogens is 338 g/mol. The summed E-state index contributed by atoms with van der Waals surface area (Å²) in [6.45, 7) is 3.78. The molecule has 0 saturated carbocycles. The number of carboxylic acid groups (broad SMARTS) is 1. The SMILES string of the molecule is CCC(C)(CNC(=O)CCOc1ccc(Br)cc1)C(=O)O. The predicted molar refractivity (Wildman–Crippen MR) is 83.3 cm³/mol. The van der Waals surface area contributed by atoms with Gasteiger partial charge in [0.2, 0.25) is 5.91 Å². The number of halogens is 1. The monoisotopic (exact) mass is 357 g/mol. The molecule has 0 fully saturated rings. The summed E-state index contributed by atoms with van der Waals surface area (Å²) in [6.07, 6.45) is 0.646. The number of carbonyl (C=O) groups excluding carboxylic acids is 1. The Balaban J connectivity index is 2.31. The van der Waals surface area contributed by atoms with E-state index in [0.717, 1.165) is 4.47 Å². The molecule has 0 aliphatic heterocycles. The topological polar surface area (TPSA) is 75.6 Å². The van der Waals surface area contributed by atoms with Gasteiger partial charge in [0.05, 0.1) is 18.4 Å². The number of carbonyl (C=O) groups is 2. The van der Waals surface area contributed by atoms with Crippen LogP contribution in [0.4, 0.5) is 0 Å². The quantitative estimate of drug-likeness (QED) is 0.749. The highest BCUT2D eigenvalue weighted by Crippen LogP contribution is 2.20. The van der Waals surface area contributed by atoms with Gasteiger partial charge in [-0.05, 0) is 37.6 Å². The van der Waals surface area contributed by atoms with E-state index in [-0.39, 0.29) is 25.5 Å². The zero-order chi connectivity index (χ0) is 15.9. The molecule has 0 aromatic heterocycles. The van der Waals surface area contributed by atoms with E-state index < -0.39 is 11.4 Å². The van der Waals surface area contributed by atoms with Gasteiger partial charge >= 0.3 is 5.97 Å². The number of rotatable bonds is 8. The molecule has 1 unspecified atom stereocenters. The number of benzene rings is 1. The average molecular weight is 358 g/mol. The molecule has 0 bridgehead atoms. The molecule has 0 aliphatic rings. The van der Waals surface area contributed by atoms with E-state index in [2.05, 4.69) is 21.2 Å². The molecule has 2 N–H and O–H groups in total. The van der Waals surface area contributed by atoms with Crippen molar-refractivity contribution in [2.45, 2.75) is 26.7 Å². The van der Waals surface area contributed by atoms with Crippen LogP contribution in [0.5, 0.6) is 5.75 Å². The Morgan fingerprint density at radius 3 is 2.48 bits per heavy atom. The van der Waals surface area contributed by atoms with Crippen molar-refractivity contribution in [2.75, 3.05) is 13.2 Å². The summed E-state index contributed by atoms with van der Waals surface area (Å²) >= 11 is 3.33. The van der Waals surface area contributed by atoms with Crippen LogP contribution >= 0.6 is 15.9 Å². The van der Waals surface area contributed by atoms with Crippen molar-refractivity contribution >= 4 is 27.8 Å². The van der Waals surface area contributed by atoms with E-state index in [1.165, 1.54) is 0 Å². The summed E-state index contributed by atoms with van der Waals surface area (Å²) < 4.78 is 6.40. The number of ether oxygens (including phenoxy) is 1. The van der Waals surface area contributed by atoms with E-state index >= 15 is 0 Å². The largest absolute Gasteiger partial charge is 0.493 e. The van der Waals surface area contributed by atoms with Gasteiger partial charge in [-0.15, -0.1) is 0 Å². The maximum atomic E-state index is 11.7. The fourth-order valence-electron chi connectivity index (χ4n) is 1.53. The molecule has 1 aromatic rings. The van der Waals surface area contributed by atoms with Crippen molar-refractivity contribution in [2.24, 2.45) is 5.41 Å². The van der Waals surface area contributed by atoms with Crippen molar-refractivity contribution in [3.8, 4) is 5.75 Å². The maximum absolute atomic E-state index is 11.7. The van der Waals surface area contributed by atoms with E-state index in [1.54, 1.807) is 26.0 Å². The Morgan fingerprint density at radius 1 is 1.33 bits per heavy atom. The van der Waals surface area contributed by atoms with Crippen molar-refractivity contribution in [3.63, 3.8) is 0 Å². The molecule has 1 rings (SSSR count). The number of aliphatic carboxylic acids is 1. The van der Waals surface area contributed by atoms with Crippen LogP contribution in [0, 0.1) is 5.41 Å². The van der Waals surface area contributed by atoms with Gasteiger partial charge in [-0.1, -0.05) is 22.9 Å².